The summed E-state index contributed by atoms with van der Waals surface area (Å²) in [6.45, 7) is 0. The van der Waals surface area contributed by atoms with Gasteiger partial charge in [0.25, 0.3) is 0 Å². The van der Waals surface area contributed by atoms with Gasteiger partial charge in [0.15, 0.2) is 0 Å². The second-order valence-electron chi connectivity index (χ2n) is 4.01. The third-order valence-corrected chi connectivity index (χ3v) is 2.64. The average Bonchev–Trinajstić information content (AvgIpc) is 2.38. The number of anilines is 3. The lowest BCUT2D eigenvalue weighted by molar-refractivity contribution is -0.137. The molecule has 0 aliphatic heterocycles. The van der Waals surface area contributed by atoms with Gasteiger partial charge >= 0.3 is 6.18 Å². The molecule has 0 saturated carbocycles. The Kier molecular flexibility index (Phi) is 3.35. The van der Waals surface area contributed by atoms with E-state index in [4.69, 9.17) is 11.6 Å². The minimum atomic E-state index is -4.35. The van der Waals surface area contributed by atoms with Crippen molar-refractivity contribution >= 4 is 17.1 Å². The van der Waals surface area contributed by atoms with E-state index >= 15 is 0 Å². The normalized spacial score (nSPS) is 11.4. The number of halogens is 3. The third kappa shape index (κ3) is 2.97. The summed E-state index contributed by atoms with van der Waals surface area (Å²) in [5, 5.41) is 1.29. The Morgan fingerprint density at radius 3 is 1.63 bits per heavy atom. The van der Waals surface area contributed by atoms with Gasteiger partial charge < -0.3 is 5.73 Å². The molecule has 0 saturated heterocycles. The predicted octanol–water partition coefficient (Wildman–Crippen LogP) is 3.30. The molecule has 19 heavy (non-hydrogen) atoms. The molecule has 0 radical (unpaired) electrons. The highest BCUT2D eigenvalue weighted by Crippen LogP contribution is 2.31. The van der Waals surface area contributed by atoms with Crippen molar-refractivity contribution < 1.29 is 13.2 Å². The fourth-order valence-electron chi connectivity index (χ4n) is 1.60. The van der Waals surface area contributed by atoms with Gasteiger partial charge in [-0.15, -0.1) is 0 Å². The van der Waals surface area contributed by atoms with Crippen molar-refractivity contribution in [3.8, 4) is 0 Å². The summed E-state index contributed by atoms with van der Waals surface area (Å²) >= 11 is 0. The molecule has 0 bridgehead atoms. The maximum absolute atomic E-state index is 12.4. The van der Waals surface area contributed by atoms with Crippen molar-refractivity contribution in [2.75, 3.05) is 10.7 Å². The monoisotopic (exact) mass is 267 g/mol. The van der Waals surface area contributed by atoms with Crippen molar-refractivity contribution in [1.82, 2.24) is 0 Å². The second-order valence-corrected chi connectivity index (χ2v) is 4.01. The van der Waals surface area contributed by atoms with Crippen LogP contribution in [0.2, 0.25) is 0 Å². The highest BCUT2D eigenvalue weighted by atomic mass is 19.4. The topological polar surface area (TPSA) is 55.3 Å². The van der Waals surface area contributed by atoms with Crippen molar-refractivity contribution in [1.29, 1.82) is 0 Å². The number of hydrazine groups is 1. The van der Waals surface area contributed by atoms with Crippen LogP contribution in [-0.2, 0) is 6.18 Å². The molecular formula is C13H12F3N3. The first-order chi connectivity index (χ1) is 8.88. The number of rotatable bonds is 2. The number of nitrogens with two attached hydrogens (primary N) is 2. The van der Waals surface area contributed by atoms with Gasteiger partial charge in [-0.3, -0.25) is 5.01 Å². The molecule has 0 unspecified atom stereocenters. The van der Waals surface area contributed by atoms with Crippen LogP contribution < -0.4 is 16.6 Å². The minimum Gasteiger partial charge on any atom is -0.399 e. The van der Waals surface area contributed by atoms with Crippen LogP contribution in [0.25, 0.3) is 0 Å². The van der Waals surface area contributed by atoms with Gasteiger partial charge in [-0.05, 0) is 48.5 Å². The Morgan fingerprint density at radius 1 is 0.789 bits per heavy atom. The van der Waals surface area contributed by atoms with Crippen LogP contribution in [0.4, 0.5) is 30.2 Å². The number of hydrogen-bond acceptors (Lipinski definition) is 3. The van der Waals surface area contributed by atoms with Gasteiger partial charge in [0.2, 0.25) is 0 Å². The van der Waals surface area contributed by atoms with E-state index in [1.54, 1.807) is 24.3 Å². The summed E-state index contributed by atoms with van der Waals surface area (Å²) in [6, 6.07) is 11.3. The molecule has 0 atom stereocenters. The molecule has 0 aliphatic rings. The maximum atomic E-state index is 12.4. The van der Waals surface area contributed by atoms with Gasteiger partial charge in [-0.1, -0.05) is 0 Å². The van der Waals surface area contributed by atoms with Crippen LogP contribution >= 0.6 is 0 Å². The first kappa shape index (κ1) is 13.2. The summed E-state index contributed by atoms with van der Waals surface area (Å²) in [7, 11) is 0. The molecule has 2 rings (SSSR count). The molecule has 6 heteroatoms. The van der Waals surface area contributed by atoms with Crippen molar-refractivity contribution in [3.05, 3.63) is 54.1 Å². The lowest BCUT2D eigenvalue weighted by atomic mass is 10.2. The third-order valence-electron chi connectivity index (χ3n) is 2.64. The molecule has 0 fully saturated rings. The van der Waals surface area contributed by atoms with Gasteiger partial charge in [0.1, 0.15) is 0 Å². The smallest absolute Gasteiger partial charge is 0.399 e. The van der Waals surface area contributed by atoms with Crippen LogP contribution in [-0.4, -0.2) is 0 Å². The van der Waals surface area contributed by atoms with Gasteiger partial charge in [-0.2, -0.15) is 13.2 Å². The first-order valence-corrected chi connectivity index (χ1v) is 5.45. The Balaban J connectivity index is 2.25. The van der Waals surface area contributed by atoms with E-state index in [-0.39, 0.29) is 0 Å². The molecule has 4 N–H and O–H groups in total. The maximum Gasteiger partial charge on any atom is 0.416 e. The summed E-state index contributed by atoms with van der Waals surface area (Å²) in [5.74, 6) is 5.84. The zero-order chi connectivity index (χ0) is 14.0. The zero-order valence-electron chi connectivity index (χ0n) is 9.85. The number of alkyl halides is 3. The van der Waals surface area contributed by atoms with Crippen LogP contribution in [0, 0.1) is 0 Å². The highest BCUT2D eigenvalue weighted by molar-refractivity contribution is 5.63. The summed E-state index contributed by atoms with van der Waals surface area (Å²) in [5.41, 5.74) is 6.52. The fraction of sp³-hybridized carbons (Fsp3) is 0.0769. The molecule has 100 valence electrons. The number of nitrogens with zero attached hydrogens (tertiary/aromatic N) is 1. The predicted molar refractivity (Wildman–Crippen MR) is 68.6 cm³/mol. The Bertz CT molecular complexity index is 547. The summed E-state index contributed by atoms with van der Waals surface area (Å²) in [6.07, 6.45) is -4.35. The first-order valence-electron chi connectivity index (χ1n) is 5.45. The summed E-state index contributed by atoms with van der Waals surface area (Å²) < 4.78 is 37.3. The average molecular weight is 267 g/mol. The lowest BCUT2D eigenvalue weighted by Gasteiger charge is -2.19. The summed E-state index contributed by atoms with van der Waals surface area (Å²) in [4.78, 5) is 0. The van der Waals surface area contributed by atoms with E-state index in [1.807, 2.05) is 0 Å². The van der Waals surface area contributed by atoms with E-state index in [0.29, 0.717) is 17.1 Å². The molecule has 0 amide bonds. The Labute approximate surface area is 108 Å². The Morgan fingerprint density at radius 2 is 1.21 bits per heavy atom. The minimum absolute atomic E-state index is 0.456. The molecule has 0 spiro atoms. The van der Waals surface area contributed by atoms with E-state index in [2.05, 4.69) is 0 Å². The van der Waals surface area contributed by atoms with Crippen molar-refractivity contribution in [2.45, 2.75) is 6.18 Å². The molecular weight excluding hydrogens is 255 g/mol. The lowest BCUT2D eigenvalue weighted by Crippen LogP contribution is -2.24. The highest BCUT2D eigenvalue weighted by Gasteiger charge is 2.30. The quantitative estimate of drug-likeness (QED) is 0.498. The molecule has 0 aliphatic carbocycles. The Hall–Kier alpha value is -2.21. The van der Waals surface area contributed by atoms with E-state index in [1.165, 1.54) is 17.1 Å². The molecule has 2 aromatic rings. The largest absolute Gasteiger partial charge is 0.416 e. The van der Waals surface area contributed by atoms with E-state index in [0.717, 1.165) is 12.1 Å². The van der Waals surface area contributed by atoms with E-state index < -0.39 is 11.7 Å². The SMILES string of the molecule is Nc1ccc(N(N)c2ccc(C(F)(F)F)cc2)cc1. The molecule has 0 heterocycles. The number of hydrogen-bond donors (Lipinski definition) is 2. The van der Waals surface area contributed by atoms with Crippen molar-refractivity contribution in [2.24, 2.45) is 5.84 Å². The standard InChI is InChI=1S/C13H12F3N3/c14-13(15,16)9-1-5-11(6-2-9)19(18)12-7-3-10(17)4-8-12/h1-8H,17-18H2. The van der Waals surface area contributed by atoms with Crippen molar-refractivity contribution in [3.63, 3.8) is 0 Å². The molecule has 0 aromatic heterocycles. The van der Waals surface area contributed by atoms with Gasteiger partial charge in [0, 0.05) is 5.69 Å². The van der Waals surface area contributed by atoms with Crippen LogP contribution in [0.3, 0.4) is 0 Å². The van der Waals surface area contributed by atoms with Crippen LogP contribution in [0.15, 0.2) is 48.5 Å². The van der Waals surface area contributed by atoms with E-state index in [9.17, 15) is 13.2 Å². The number of benzene rings is 2. The molecule has 2 aromatic carbocycles. The van der Waals surface area contributed by atoms with Gasteiger partial charge in [0.05, 0.1) is 16.9 Å². The second kappa shape index (κ2) is 4.81. The molecule has 3 nitrogen and oxygen atoms in total. The zero-order valence-corrected chi connectivity index (χ0v) is 9.85. The van der Waals surface area contributed by atoms with Gasteiger partial charge in [-0.25, -0.2) is 5.84 Å². The fourth-order valence-corrected chi connectivity index (χ4v) is 1.60. The van der Waals surface area contributed by atoms with Crippen LogP contribution in [0.1, 0.15) is 5.56 Å². The number of nitrogen functional groups attached to an aromatic ring is 1. The van der Waals surface area contributed by atoms with Crippen LogP contribution in [0.5, 0.6) is 0 Å².